The third-order valence-electron chi connectivity index (χ3n) is 4.07. The van der Waals surface area contributed by atoms with Crippen LogP contribution >= 0.6 is 11.3 Å². The first-order chi connectivity index (χ1) is 13.2. The van der Waals surface area contributed by atoms with Crippen LogP contribution in [-0.4, -0.2) is 6.21 Å². The summed E-state index contributed by atoms with van der Waals surface area (Å²) in [5, 5.41) is 22.9. The monoisotopic (exact) mass is 371 g/mol. The molecule has 0 unspecified atom stereocenters. The summed E-state index contributed by atoms with van der Waals surface area (Å²) >= 11 is 1.22. The van der Waals surface area contributed by atoms with Gasteiger partial charge in [0.15, 0.2) is 0 Å². The lowest BCUT2D eigenvalue weighted by atomic mass is 9.99. The van der Waals surface area contributed by atoms with Crippen LogP contribution in [0.5, 0.6) is 0 Å². The van der Waals surface area contributed by atoms with Crippen LogP contribution in [0.3, 0.4) is 0 Å². The lowest BCUT2D eigenvalue weighted by molar-refractivity contribution is 0.131. The van der Waals surface area contributed by atoms with Crippen molar-refractivity contribution >= 4 is 17.6 Å². The number of thiophene rings is 1. The largest absolute Gasteiger partial charge is 0.391 e. The minimum atomic E-state index is 0.389. The second-order valence-corrected chi connectivity index (χ2v) is 6.98. The third kappa shape index (κ3) is 4.41. The highest BCUT2D eigenvalue weighted by molar-refractivity contribution is 7.13. The summed E-state index contributed by atoms with van der Waals surface area (Å²) in [7, 11) is 0. The number of hydrogen-bond acceptors (Lipinski definition) is 5. The molecule has 0 saturated carbocycles. The lowest BCUT2D eigenvalue weighted by Gasteiger charge is -2.04. The van der Waals surface area contributed by atoms with Crippen molar-refractivity contribution in [2.45, 2.75) is 20.0 Å². The quantitative estimate of drug-likeness (QED) is 0.441. The van der Waals surface area contributed by atoms with E-state index in [1.54, 1.807) is 6.21 Å². The normalized spacial score (nSPS) is 10.5. The number of nitrogens with zero attached hydrogens (tertiary/aromatic N) is 3. The van der Waals surface area contributed by atoms with Gasteiger partial charge in [-0.15, -0.1) is 11.3 Å². The van der Waals surface area contributed by atoms with E-state index in [9.17, 15) is 10.5 Å². The van der Waals surface area contributed by atoms with Crippen molar-refractivity contribution in [3.8, 4) is 23.3 Å². The van der Waals surface area contributed by atoms with E-state index in [0.717, 1.165) is 22.3 Å². The fraction of sp³-hybridized carbons (Fsp3) is 0.136. The minimum absolute atomic E-state index is 0.389. The van der Waals surface area contributed by atoms with Crippen molar-refractivity contribution in [2.75, 3.05) is 0 Å². The van der Waals surface area contributed by atoms with Gasteiger partial charge in [0, 0.05) is 18.2 Å². The van der Waals surface area contributed by atoms with Gasteiger partial charge in [-0.3, -0.25) is 0 Å². The van der Waals surface area contributed by atoms with Crippen molar-refractivity contribution in [3.05, 3.63) is 81.0 Å². The lowest BCUT2D eigenvalue weighted by Crippen LogP contribution is -1.93. The molecule has 0 bridgehead atoms. The van der Waals surface area contributed by atoms with Gasteiger partial charge in [-0.25, -0.2) is 0 Å². The van der Waals surface area contributed by atoms with E-state index in [1.807, 2.05) is 61.5 Å². The molecule has 3 aromatic rings. The first kappa shape index (κ1) is 18.4. The molecule has 27 heavy (non-hydrogen) atoms. The molecule has 0 amide bonds. The third-order valence-corrected chi connectivity index (χ3v) is 5.11. The number of oxime groups is 1. The van der Waals surface area contributed by atoms with Crippen LogP contribution in [0.15, 0.2) is 59.8 Å². The summed E-state index contributed by atoms with van der Waals surface area (Å²) in [6.45, 7) is 2.43. The molecule has 0 aliphatic heterocycles. The zero-order valence-corrected chi connectivity index (χ0v) is 15.7. The molecule has 0 radical (unpaired) electrons. The van der Waals surface area contributed by atoms with Crippen molar-refractivity contribution in [1.82, 2.24) is 0 Å². The fourth-order valence-corrected chi connectivity index (χ4v) is 3.66. The summed E-state index contributed by atoms with van der Waals surface area (Å²) in [6, 6.07) is 22.1. The molecule has 0 N–H and O–H groups in total. The predicted octanol–water partition coefficient (Wildman–Crippen LogP) is 5.21. The van der Waals surface area contributed by atoms with Gasteiger partial charge < -0.3 is 4.84 Å². The Labute approximate surface area is 162 Å². The van der Waals surface area contributed by atoms with E-state index in [4.69, 9.17) is 4.84 Å². The Morgan fingerprint density at radius 2 is 1.70 bits per heavy atom. The van der Waals surface area contributed by atoms with Crippen molar-refractivity contribution in [2.24, 2.45) is 5.16 Å². The Balaban J connectivity index is 1.76. The molecule has 4 nitrogen and oxygen atoms in total. The Morgan fingerprint density at radius 3 is 2.37 bits per heavy atom. The molecular formula is C22H17N3OS. The number of nitriles is 2. The molecular weight excluding hydrogens is 354 g/mol. The number of hydrogen-bond donors (Lipinski definition) is 0. The maximum absolute atomic E-state index is 9.46. The van der Waals surface area contributed by atoms with Gasteiger partial charge in [0.05, 0.1) is 0 Å². The van der Waals surface area contributed by atoms with Crippen LogP contribution in [0.1, 0.15) is 26.4 Å². The van der Waals surface area contributed by atoms with Crippen LogP contribution in [-0.2, 0) is 17.9 Å². The van der Waals surface area contributed by atoms with Gasteiger partial charge >= 0.3 is 0 Å². The molecule has 2 aromatic carbocycles. The van der Waals surface area contributed by atoms with Crippen LogP contribution < -0.4 is 0 Å². The van der Waals surface area contributed by atoms with Crippen molar-refractivity contribution < 1.29 is 4.84 Å². The molecule has 0 saturated heterocycles. The number of aryl methyl sites for hydroxylation is 1. The van der Waals surface area contributed by atoms with Crippen LogP contribution in [0.2, 0.25) is 0 Å². The Morgan fingerprint density at radius 1 is 1.00 bits per heavy atom. The molecule has 0 aliphatic carbocycles. The molecule has 5 heteroatoms. The number of benzene rings is 2. The number of rotatable bonds is 6. The first-order valence-electron chi connectivity index (χ1n) is 8.43. The smallest absolute Gasteiger partial charge is 0.142 e. The van der Waals surface area contributed by atoms with E-state index in [1.165, 1.54) is 16.9 Å². The summed E-state index contributed by atoms with van der Waals surface area (Å²) < 4.78 is 0. The molecule has 1 aromatic heterocycles. The predicted molar refractivity (Wildman–Crippen MR) is 107 cm³/mol. The molecule has 0 spiro atoms. The highest BCUT2D eigenvalue weighted by atomic mass is 32.1. The molecule has 0 atom stereocenters. The van der Waals surface area contributed by atoms with Gasteiger partial charge in [0.1, 0.15) is 28.5 Å². The van der Waals surface area contributed by atoms with Crippen molar-refractivity contribution in [3.63, 3.8) is 0 Å². The van der Waals surface area contributed by atoms with Crippen LogP contribution in [0, 0.1) is 29.6 Å². The summed E-state index contributed by atoms with van der Waals surface area (Å²) in [6.07, 6.45) is 2.07. The van der Waals surface area contributed by atoms with E-state index >= 15 is 0 Å². The van der Waals surface area contributed by atoms with Crippen LogP contribution in [0.25, 0.3) is 11.1 Å². The maximum Gasteiger partial charge on any atom is 0.142 e. The highest BCUT2D eigenvalue weighted by Gasteiger charge is 2.18. The summed E-state index contributed by atoms with van der Waals surface area (Å²) in [4.78, 5) is 6.44. The molecule has 0 fully saturated rings. The minimum Gasteiger partial charge on any atom is -0.391 e. The fourth-order valence-electron chi connectivity index (χ4n) is 2.72. The molecule has 0 aliphatic rings. The van der Waals surface area contributed by atoms with Gasteiger partial charge in [-0.1, -0.05) is 65.3 Å². The average molecular weight is 371 g/mol. The van der Waals surface area contributed by atoms with Crippen molar-refractivity contribution in [1.29, 1.82) is 10.5 Å². The Bertz CT molecular complexity index is 1020. The van der Waals surface area contributed by atoms with Gasteiger partial charge in [-0.2, -0.15) is 10.5 Å². The zero-order valence-electron chi connectivity index (χ0n) is 14.8. The standard InChI is InChI=1S/C22H17N3OS/c1-16-7-9-17(10-8-16)15-26-25-12-11-19-20(13-23)27-21(14-24)22(19)18-5-3-2-4-6-18/h2-10,12H,11,15H2,1H3/b25-12-. The molecule has 3 rings (SSSR count). The van der Waals surface area contributed by atoms with Gasteiger partial charge in [0.25, 0.3) is 0 Å². The van der Waals surface area contributed by atoms with E-state index in [2.05, 4.69) is 17.3 Å². The Hall–Kier alpha value is -3.41. The molecule has 1 heterocycles. The SMILES string of the molecule is Cc1ccc(CO/N=C\Cc2c(C#N)sc(C#N)c2-c2ccccc2)cc1. The maximum atomic E-state index is 9.46. The summed E-state index contributed by atoms with van der Waals surface area (Å²) in [5.74, 6) is 0. The van der Waals surface area contributed by atoms with Gasteiger partial charge in [-0.05, 0) is 23.6 Å². The summed E-state index contributed by atoms with van der Waals surface area (Å²) in [5.41, 5.74) is 4.79. The van der Waals surface area contributed by atoms with Gasteiger partial charge in [0.2, 0.25) is 0 Å². The van der Waals surface area contributed by atoms with E-state index in [-0.39, 0.29) is 0 Å². The topological polar surface area (TPSA) is 69.2 Å². The van der Waals surface area contributed by atoms with E-state index in [0.29, 0.717) is 22.8 Å². The Kier molecular flexibility index (Phi) is 5.99. The zero-order chi connectivity index (χ0) is 19.1. The molecule has 132 valence electrons. The highest BCUT2D eigenvalue weighted by Crippen LogP contribution is 2.36. The average Bonchev–Trinajstić information content (AvgIpc) is 3.07. The second-order valence-electron chi connectivity index (χ2n) is 5.95. The second kappa shape index (κ2) is 8.80. The first-order valence-corrected chi connectivity index (χ1v) is 9.25. The van der Waals surface area contributed by atoms with E-state index < -0.39 is 0 Å². The van der Waals surface area contributed by atoms with Crippen LogP contribution in [0.4, 0.5) is 0 Å².